The van der Waals surface area contributed by atoms with Crippen molar-refractivity contribution in [3.8, 4) is 10.6 Å². The molecular formula is C19H23FN4O2S. The summed E-state index contributed by atoms with van der Waals surface area (Å²) >= 11 is 1.39. The number of nitrogens with zero attached hydrogens (tertiary/aromatic N) is 2. The second-order valence-corrected chi connectivity index (χ2v) is 7.45. The molecule has 2 aromatic rings. The topological polar surface area (TPSA) is 88.3 Å². The number of rotatable bonds is 6. The van der Waals surface area contributed by atoms with Gasteiger partial charge in [-0.15, -0.1) is 11.3 Å². The fourth-order valence-electron chi connectivity index (χ4n) is 3.17. The van der Waals surface area contributed by atoms with Crippen LogP contribution in [0.15, 0.2) is 29.6 Å². The molecule has 2 amide bonds. The first-order valence-corrected chi connectivity index (χ1v) is 9.90. The van der Waals surface area contributed by atoms with E-state index in [0.29, 0.717) is 42.4 Å². The van der Waals surface area contributed by atoms with Crippen LogP contribution in [0.3, 0.4) is 0 Å². The predicted octanol–water partition coefficient (Wildman–Crippen LogP) is 1.81. The molecule has 1 aliphatic rings. The summed E-state index contributed by atoms with van der Waals surface area (Å²) < 4.78 is 13.4. The molecule has 0 spiro atoms. The van der Waals surface area contributed by atoms with Crippen molar-refractivity contribution in [2.45, 2.75) is 19.3 Å². The molecule has 3 N–H and O–H groups in total. The van der Waals surface area contributed by atoms with E-state index in [-0.39, 0.29) is 30.0 Å². The standard InChI is InChI=1S/C19H23FN4O2S/c20-15-5-1-3-13(9-15)19-23-16(12-27-19)10-17(25)24-8-2-4-14(11-24)18(26)22-7-6-21/h1,3,5,9,12,14H,2,4,6-8,10-11,21H2,(H,22,26). The molecular weight excluding hydrogens is 367 g/mol. The first-order chi connectivity index (χ1) is 13.1. The lowest BCUT2D eigenvalue weighted by Crippen LogP contribution is -2.46. The lowest BCUT2D eigenvalue weighted by atomic mass is 9.96. The van der Waals surface area contributed by atoms with Crippen LogP contribution < -0.4 is 11.1 Å². The third kappa shape index (κ3) is 5.11. The van der Waals surface area contributed by atoms with Crippen LogP contribution in [0, 0.1) is 11.7 Å². The predicted molar refractivity (Wildman–Crippen MR) is 103 cm³/mol. The van der Waals surface area contributed by atoms with Crippen molar-refractivity contribution in [2.24, 2.45) is 11.7 Å². The highest BCUT2D eigenvalue weighted by Crippen LogP contribution is 2.25. The van der Waals surface area contributed by atoms with Crippen LogP contribution in [0.1, 0.15) is 18.5 Å². The van der Waals surface area contributed by atoms with Gasteiger partial charge in [0.1, 0.15) is 10.8 Å². The lowest BCUT2D eigenvalue weighted by Gasteiger charge is -2.32. The number of hydrogen-bond donors (Lipinski definition) is 2. The van der Waals surface area contributed by atoms with Crippen LogP contribution in [0.5, 0.6) is 0 Å². The molecule has 1 saturated heterocycles. The minimum atomic E-state index is -0.312. The van der Waals surface area contributed by atoms with Gasteiger partial charge in [0.25, 0.3) is 0 Å². The fourth-order valence-corrected chi connectivity index (χ4v) is 3.98. The molecule has 1 atom stereocenters. The quantitative estimate of drug-likeness (QED) is 0.787. The number of carbonyl (C=O) groups excluding carboxylic acids is 2. The average molecular weight is 390 g/mol. The summed E-state index contributed by atoms with van der Waals surface area (Å²) in [6, 6.07) is 6.25. The number of likely N-dealkylation sites (tertiary alicyclic amines) is 1. The molecule has 1 aliphatic heterocycles. The zero-order valence-corrected chi connectivity index (χ0v) is 15.8. The molecule has 1 unspecified atom stereocenters. The van der Waals surface area contributed by atoms with Crippen molar-refractivity contribution >= 4 is 23.2 Å². The average Bonchev–Trinajstić information content (AvgIpc) is 3.14. The van der Waals surface area contributed by atoms with Gasteiger partial charge in [0, 0.05) is 37.1 Å². The molecule has 27 heavy (non-hydrogen) atoms. The summed E-state index contributed by atoms with van der Waals surface area (Å²) in [7, 11) is 0. The molecule has 6 nitrogen and oxygen atoms in total. The van der Waals surface area contributed by atoms with E-state index in [1.165, 1.54) is 23.5 Å². The number of amides is 2. The molecule has 3 rings (SSSR count). The Balaban J connectivity index is 1.59. The van der Waals surface area contributed by atoms with Crippen molar-refractivity contribution in [3.05, 3.63) is 41.2 Å². The van der Waals surface area contributed by atoms with E-state index >= 15 is 0 Å². The molecule has 1 aromatic carbocycles. The van der Waals surface area contributed by atoms with E-state index in [2.05, 4.69) is 10.3 Å². The number of aromatic nitrogens is 1. The number of nitrogens with two attached hydrogens (primary N) is 1. The maximum absolute atomic E-state index is 13.4. The highest BCUT2D eigenvalue weighted by atomic mass is 32.1. The van der Waals surface area contributed by atoms with Gasteiger partial charge in [-0.05, 0) is 25.0 Å². The van der Waals surface area contributed by atoms with Gasteiger partial charge in [-0.1, -0.05) is 12.1 Å². The number of halogens is 1. The van der Waals surface area contributed by atoms with Crippen LogP contribution in [-0.2, 0) is 16.0 Å². The van der Waals surface area contributed by atoms with E-state index < -0.39 is 0 Å². The maximum Gasteiger partial charge on any atom is 0.228 e. The summed E-state index contributed by atoms with van der Waals surface area (Å²) in [5.74, 6) is -0.581. The monoisotopic (exact) mass is 390 g/mol. The SMILES string of the molecule is NCCNC(=O)C1CCCN(C(=O)Cc2csc(-c3cccc(F)c3)n2)C1. The zero-order valence-electron chi connectivity index (χ0n) is 15.0. The number of nitrogens with one attached hydrogen (secondary N) is 1. The van der Waals surface area contributed by atoms with Gasteiger partial charge in [-0.2, -0.15) is 0 Å². The summed E-state index contributed by atoms with van der Waals surface area (Å²) in [4.78, 5) is 30.9. The number of hydrogen-bond acceptors (Lipinski definition) is 5. The van der Waals surface area contributed by atoms with Crippen molar-refractivity contribution in [1.29, 1.82) is 0 Å². The van der Waals surface area contributed by atoms with Crippen molar-refractivity contribution in [1.82, 2.24) is 15.2 Å². The number of thiazole rings is 1. The van der Waals surface area contributed by atoms with E-state index in [1.807, 2.05) is 5.38 Å². The molecule has 0 bridgehead atoms. The number of carbonyl (C=O) groups is 2. The molecule has 0 radical (unpaired) electrons. The first-order valence-electron chi connectivity index (χ1n) is 9.02. The van der Waals surface area contributed by atoms with Gasteiger partial charge in [-0.25, -0.2) is 9.37 Å². The third-order valence-electron chi connectivity index (χ3n) is 4.54. The normalized spacial score (nSPS) is 17.0. The maximum atomic E-state index is 13.4. The minimum absolute atomic E-state index is 0.0394. The van der Waals surface area contributed by atoms with Crippen LogP contribution in [0.25, 0.3) is 10.6 Å². The van der Waals surface area contributed by atoms with Gasteiger partial charge >= 0.3 is 0 Å². The zero-order chi connectivity index (χ0) is 19.2. The first kappa shape index (κ1) is 19.4. The van der Waals surface area contributed by atoms with Crippen LogP contribution in [-0.4, -0.2) is 47.9 Å². The highest BCUT2D eigenvalue weighted by molar-refractivity contribution is 7.13. The summed E-state index contributed by atoms with van der Waals surface area (Å²) in [6.45, 7) is 1.93. The molecule has 0 aliphatic carbocycles. The molecule has 0 saturated carbocycles. The third-order valence-corrected chi connectivity index (χ3v) is 5.48. The molecule has 1 aromatic heterocycles. The second kappa shape index (κ2) is 9.05. The molecule has 144 valence electrons. The van der Waals surface area contributed by atoms with Gasteiger partial charge in [-0.3, -0.25) is 9.59 Å². The second-order valence-electron chi connectivity index (χ2n) is 6.59. The Bertz CT molecular complexity index is 811. The van der Waals surface area contributed by atoms with E-state index in [4.69, 9.17) is 5.73 Å². The Hall–Kier alpha value is -2.32. The molecule has 8 heteroatoms. The van der Waals surface area contributed by atoms with Gasteiger partial charge in [0.05, 0.1) is 18.0 Å². The van der Waals surface area contributed by atoms with Gasteiger partial charge < -0.3 is 16.0 Å². The Labute approximate surface area is 161 Å². The Morgan fingerprint density at radius 3 is 3.04 bits per heavy atom. The van der Waals surface area contributed by atoms with Crippen molar-refractivity contribution < 1.29 is 14.0 Å². The van der Waals surface area contributed by atoms with Crippen LogP contribution in [0.4, 0.5) is 4.39 Å². The van der Waals surface area contributed by atoms with Gasteiger partial charge in [0.2, 0.25) is 11.8 Å². The summed E-state index contributed by atoms with van der Waals surface area (Å²) in [5.41, 5.74) is 6.78. The van der Waals surface area contributed by atoms with Crippen molar-refractivity contribution in [2.75, 3.05) is 26.2 Å². The largest absolute Gasteiger partial charge is 0.355 e. The number of piperidine rings is 1. The highest BCUT2D eigenvalue weighted by Gasteiger charge is 2.28. The van der Waals surface area contributed by atoms with E-state index in [1.54, 1.807) is 17.0 Å². The summed E-state index contributed by atoms with van der Waals surface area (Å²) in [6.07, 6.45) is 1.77. The minimum Gasteiger partial charge on any atom is -0.355 e. The Kier molecular flexibility index (Phi) is 6.52. The fraction of sp³-hybridized carbons (Fsp3) is 0.421. The van der Waals surface area contributed by atoms with E-state index in [0.717, 1.165) is 12.8 Å². The molecule has 1 fully saturated rings. The van der Waals surface area contributed by atoms with Crippen LogP contribution in [0.2, 0.25) is 0 Å². The Morgan fingerprint density at radius 2 is 2.26 bits per heavy atom. The number of benzene rings is 1. The summed E-state index contributed by atoms with van der Waals surface area (Å²) in [5, 5.41) is 5.31. The smallest absolute Gasteiger partial charge is 0.228 e. The van der Waals surface area contributed by atoms with E-state index in [9.17, 15) is 14.0 Å². The molecule has 2 heterocycles. The Morgan fingerprint density at radius 1 is 1.41 bits per heavy atom. The van der Waals surface area contributed by atoms with Crippen LogP contribution >= 0.6 is 11.3 Å². The lowest BCUT2D eigenvalue weighted by molar-refractivity contribution is -0.135. The van der Waals surface area contributed by atoms with Crippen molar-refractivity contribution in [3.63, 3.8) is 0 Å². The van der Waals surface area contributed by atoms with Gasteiger partial charge in [0.15, 0.2) is 0 Å².